The first kappa shape index (κ1) is 17.6. The molecule has 0 atom stereocenters. The van der Waals surface area contributed by atoms with E-state index in [2.05, 4.69) is 19.8 Å². The average Bonchev–Trinajstić information content (AvgIpc) is 2.89. The van der Waals surface area contributed by atoms with E-state index in [1.807, 2.05) is 6.92 Å². The number of esters is 1. The number of hydrogen-bond donors (Lipinski definition) is 1. The van der Waals surface area contributed by atoms with E-state index in [1.165, 1.54) is 11.8 Å². The average molecular weight is 318 g/mol. The van der Waals surface area contributed by atoms with Gasteiger partial charge in [0.05, 0.1) is 18.6 Å². The van der Waals surface area contributed by atoms with Crippen LogP contribution < -0.4 is 4.72 Å². The molecule has 0 bridgehead atoms. The highest BCUT2D eigenvalue weighted by Crippen LogP contribution is 1.99. The summed E-state index contributed by atoms with van der Waals surface area (Å²) in [6.07, 6.45) is 4.39. The Bertz CT molecular complexity index is 541. The molecule has 0 amide bonds. The van der Waals surface area contributed by atoms with E-state index in [9.17, 15) is 13.2 Å². The fourth-order valence-electron chi connectivity index (χ4n) is 1.63. The number of ether oxygens (including phenoxy) is 1. The highest BCUT2D eigenvalue weighted by Gasteiger charge is 2.09. The van der Waals surface area contributed by atoms with Gasteiger partial charge in [-0.05, 0) is 19.3 Å². The number of unbranched alkanes of at least 4 members (excludes halogenated alkanes) is 1. The van der Waals surface area contributed by atoms with Crippen molar-refractivity contribution in [1.82, 2.24) is 19.7 Å². The van der Waals surface area contributed by atoms with Crippen molar-refractivity contribution in [2.45, 2.75) is 39.2 Å². The van der Waals surface area contributed by atoms with Crippen LogP contribution in [0.4, 0.5) is 0 Å². The Balaban J connectivity index is 2.28. The molecule has 0 unspecified atom stereocenters. The molecule has 1 rings (SSSR count). The summed E-state index contributed by atoms with van der Waals surface area (Å²) in [5, 5.41) is 7.71. The molecule has 1 N–H and O–H groups in total. The molecule has 1 aromatic rings. The Hall–Kier alpha value is -1.48. The van der Waals surface area contributed by atoms with Crippen molar-refractivity contribution in [3.05, 3.63) is 11.9 Å². The molecule has 1 aromatic heterocycles. The minimum Gasteiger partial charge on any atom is -0.468 e. The van der Waals surface area contributed by atoms with E-state index in [0.29, 0.717) is 31.5 Å². The molecule has 21 heavy (non-hydrogen) atoms. The van der Waals surface area contributed by atoms with E-state index < -0.39 is 16.0 Å². The van der Waals surface area contributed by atoms with Crippen molar-refractivity contribution in [3.63, 3.8) is 0 Å². The van der Waals surface area contributed by atoms with Gasteiger partial charge in [0.15, 0.2) is 0 Å². The molecule has 9 heteroatoms. The standard InChI is InChI=1S/C12H22N4O4S/c1-3-4-8-21(18,19)13-7-5-6-11-9-16(15-14-11)10-12(17)20-2/h9,13H,3-8,10H2,1-2H3. The summed E-state index contributed by atoms with van der Waals surface area (Å²) >= 11 is 0. The number of carbonyl (C=O) groups excluding carboxylic acids is 1. The van der Waals surface area contributed by atoms with E-state index in [1.54, 1.807) is 6.20 Å². The number of sulfonamides is 1. The summed E-state index contributed by atoms with van der Waals surface area (Å²) < 4.78 is 31.6. The lowest BCUT2D eigenvalue weighted by molar-refractivity contribution is -0.141. The topological polar surface area (TPSA) is 103 Å². The Morgan fingerprint density at radius 1 is 1.43 bits per heavy atom. The summed E-state index contributed by atoms with van der Waals surface area (Å²) in [6, 6.07) is 0. The third-order valence-corrected chi connectivity index (χ3v) is 4.27. The zero-order chi connectivity index (χ0) is 15.7. The van der Waals surface area contributed by atoms with Gasteiger partial charge in [0.25, 0.3) is 0 Å². The molecule has 0 fully saturated rings. The molecule has 0 aliphatic carbocycles. The lowest BCUT2D eigenvalue weighted by Crippen LogP contribution is -2.27. The fraction of sp³-hybridized carbons (Fsp3) is 0.750. The Labute approximate surface area is 124 Å². The molecule has 1 heterocycles. The molecule has 0 spiro atoms. The first-order valence-corrected chi connectivity index (χ1v) is 8.55. The number of hydrogen-bond acceptors (Lipinski definition) is 6. The predicted octanol–water partition coefficient (Wildman–Crippen LogP) is 0.103. The predicted molar refractivity (Wildman–Crippen MR) is 77.1 cm³/mol. The number of nitrogens with one attached hydrogen (secondary N) is 1. The minimum absolute atomic E-state index is 0.0210. The van der Waals surface area contributed by atoms with Crippen molar-refractivity contribution in [3.8, 4) is 0 Å². The van der Waals surface area contributed by atoms with Gasteiger partial charge < -0.3 is 4.74 Å². The molecule has 0 aliphatic heterocycles. The van der Waals surface area contributed by atoms with Crippen LogP contribution in [0.5, 0.6) is 0 Å². The molecule has 0 saturated carbocycles. The number of nitrogens with zero attached hydrogens (tertiary/aromatic N) is 3. The maximum atomic E-state index is 11.6. The minimum atomic E-state index is -3.16. The van der Waals surface area contributed by atoms with Gasteiger partial charge in [-0.3, -0.25) is 4.79 Å². The fourth-order valence-corrected chi connectivity index (χ4v) is 2.90. The van der Waals surface area contributed by atoms with Crippen molar-refractivity contribution in [2.75, 3.05) is 19.4 Å². The van der Waals surface area contributed by atoms with Crippen LogP contribution in [0, 0.1) is 0 Å². The number of methoxy groups -OCH3 is 1. The lowest BCUT2D eigenvalue weighted by atomic mass is 10.2. The molecule has 120 valence electrons. The summed E-state index contributed by atoms with van der Waals surface area (Å²) in [5.74, 6) is -0.228. The van der Waals surface area contributed by atoms with Crippen LogP contribution >= 0.6 is 0 Å². The van der Waals surface area contributed by atoms with Gasteiger partial charge in [-0.2, -0.15) is 0 Å². The van der Waals surface area contributed by atoms with E-state index in [-0.39, 0.29) is 12.3 Å². The number of aryl methyl sites for hydroxylation is 1. The van der Waals surface area contributed by atoms with Gasteiger partial charge in [0.1, 0.15) is 6.54 Å². The zero-order valence-corrected chi connectivity index (χ0v) is 13.2. The number of rotatable bonds is 10. The molecule has 0 radical (unpaired) electrons. The molecular formula is C12H22N4O4S. The van der Waals surface area contributed by atoms with E-state index >= 15 is 0 Å². The van der Waals surface area contributed by atoms with Crippen LogP contribution in [0.2, 0.25) is 0 Å². The molecule has 0 aliphatic rings. The van der Waals surface area contributed by atoms with Crippen LogP contribution in [0.25, 0.3) is 0 Å². The van der Waals surface area contributed by atoms with Crippen molar-refractivity contribution >= 4 is 16.0 Å². The molecule has 0 saturated heterocycles. The van der Waals surface area contributed by atoms with E-state index in [0.717, 1.165) is 6.42 Å². The highest BCUT2D eigenvalue weighted by molar-refractivity contribution is 7.89. The Morgan fingerprint density at radius 3 is 2.86 bits per heavy atom. The van der Waals surface area contributed by atoms with Crippen molar-refractivity contribution < 1.29 is 17.9 Å². The van der Waals surface area contributed by atoms with E-state index in [4.69, 9.17) is 0 Å². The molecule has 8 nitrogen and oxygen atoms in total. The monoisotopic (exact) mass is 318 g/mol. The van der Waals surface area contributed by atoms with Gasteiger partial charge in [-0.15, -0.1) is 5.10 Å². The zero-order valence-electron chi connectivity index (χ0n) is 12.4. The lowest BCUT2D eigenvalue weighted by Gasteiger charge is -2.04. The van der Waals surface area contributed by atoms with Crippen LogP contribution in [0.15, 0.2) is 6.20 Å². The van der Waals surface area contributed by atoms with Gasteiger partial charge in [-0.1, -0.05) is 18.6 Å². The third-order valence-electron chi connectivity index (χ3n) is 2.80. The SMILES string of the molecule is CCCCS(=O)(=O)NCCCc1cn(CC(=O)OC)nn1. The highest BCUT2D eigenvalue weighted by atomic mass is 32.2. The van der Waals surface area contributed by atoms with Gasteiger partial charge in [-0.25, -0.2) is 17.8 Å². The maximum absolute atomic E-state index is 11.6. The summed E-state index contributed by atoms with van der Waals surface area (Å²) in [5.41, 5.74) is 0.714. The van der Waals surface area contributed by atoms with Crippen molar-refractivity contribution in [1.29, 1.82) is 0 Å². The first-order chi connectivity index (χ1) is 9.96. The quantitative estimate of drug-likeness (QED) is 0.485. The molecule has 0 aromatic carbocycles. The Morgan fingerprint density at radius 2 is 2.19 bits per heavy atom. The number of aromatic nitrogens is 3. The Kier molecular flexibility index (Phi) is 7.30. The van der Waals surface area contributed by atoms with Crippen molar-refractivity contribution in [2.24, 2.45) is 0 Å². The van der Waals surface area contributed by atoms with Crippen LogP contribution in [-0.4, -0.2) is 48.8 Å². The largest absolute Gasteiger partial charge is 0.468 e. The number of carbonyl (C=O) groups is 1. The van der Waals surface area contributed by atoms with Crippen LogP contribution in [0.1, 0.15) is 31.9 Å². The van der Waals surface area contributed by atoms with Gasteiger partial charge >= 0.3 is 5.97 Å². The second-order valence-electron chi connectivity index (χ2n) is 4.65. The smallest absolute Gasteiger partial charge is 0.327 e. The third kappa shape index (κ3) is 7.19. The first-order valence-electron chi connectivity index (χ1n) is 6.90. The normalized spacial score (nSPS) is 11.5. The van der Waals surface area contributed by atoms with Gasteiger partial charge in [0.2, 0.25) is 10.0 Å². The summed E-state index contributed by atoms with van der Waals surface area (Å²) in [4.78, 5) is 11.1. The summed E-state index contributed by atoms with van der Waals surface area (Å²) in [7, 11) is -1.85. The maximum Gasteiger partial charge on any atom is 0.327 e. The second kappa shape index (κ2) is 8.73. The second-order valence-corrected chi connectivity index (χ2v) is 6.58. The van der Waals surface area contributed by atoms with Gasteiger partial charge in [0, 0.05) is 12.7 Å². The molecular weight excluding hydrogens is 296 g/mol. The summed E-state index contributed by atoms with van der Waals surface area (Å²) in [6.45, 7) is 2.34. The van der Waals surface area contributed by atoms with Crippen LogP contribution in [0.3, 0.4) is 0 Å². The van der Waals surface area contributed by atoms with Crippen LogP contribution in [-0.2, 0) is 32.5 Å².